The molecule has 7 nitrogen and oxygen atoms in total. The van der Waals surface area contributed by atoms with Crippen LogP contribution in [0.25, 0.3) is 6.08 Å². The van der Waals surface area contributed by atoms with Crippen LogP contribution >= 0.6 is 27.7 Å². The first-order valence-corrected chi connectivity index (χ1v) is 10.9. The van der Waals surface area contributed by atoms with Gasteiger partial charge in [0.2, 0.25) is 0 Å². The molecule has 0 spiro atoms. The third-order valence-corrected chi connectivity index (χ3v) is 5.98. The Morgan fingerprint density at radius 2 is 2.03 bits per heavy atom. The Morgan fingerprint density at radius 1 is 1.26 bits per heavy atom. The van der Waals surface area contributed by atoms with E-state index in [2.05, 4.69) is 20.9 Å². The highest BCUT2D eigenvalue weighted by atomic mass is 79.9. The zero-order chi connectivity index (χ0) is 22.5. The Kier molecular flexibility index (Phi) is 7.40. The second kappa shape index (κ2) is 10.0. The van der Waals surface area contributed by atoms with Crippen molar-refractivity contribution in [2.45, 2.75) is 6.92 Å². The van der Waals surface area contributed by atoms with E-state index in [1.54, 1.807) is 44.5 Å². The minimum Gasteiger partial charge on any atom is -0.492 e. The van der Waals surface area contributed by atoms with Crippen molar-refractivity contribution in [3.8, 4) is 11.5 Å². The van der Waals surface area contributed by atoms with Crippen LogP contribution in [0.2, 0.25) is 0 Å². The lowest BCUT2D eigenvalue weighted by atomic mass is 10.2. The molecule has 9 heteroatoms. The maximum atomic E-state index is 12.8. The summed E-state index contributed by atoms with van der Waals surface area (Å²) in [6.07, 6.45) is 1.78. The van der Waals surface area contributed by atoms with Crippen molar-refractivity contribution in [2.24, 2.45) is 4.99 Å². The van der Waals surface area contributed by atoms with Crippen LogP contribution in [0.5, 0.6) is 11.5 Å². The number of aliphatic imine (C=N–C) groups is 1. The zero-order valence-electron chi connectivity index (χ0n) is 17.5. The molecule has 1 amide bonds. The largest absolute Gasteiger partial charge is 0.492 e. The van der Waals surface area contributed by atoms with E-state index in [4.69, 9.17) is 14.2 Å². The summed E-state index contributed by atoms with van der Waals surface area (Å²) in [7, 11) is 4.56. The lowest BCUT2D eigenvalue weighted by Crippen LogP contribution is -2.23. The first-order valence-electron chi connectivity index (χ1n) is 9.33. The highest BCUT2D eigenvalue weighted by Gasteiger charge is 2.30. The van der Waals surface area contributed by atoms with E-state index in [-0.39, 0.29) is 5.91 Å². The monoisotopic (exact) mass is 504 g/mol. The van der Waals surface area contributed by atoms with Gasteiger partial charge in [-0.3, -0.25) is 9.69 Å². The number of amides is 1. The molecule has 1 fully saturated rings. The van der Waals surface area contributed by atoms with E-state index in [0.29, 0.717) is 39.4 Å². The Bertz CT molecular complexity index is 1080. The van der Waals surface area contributed by atoms with Gasteiger partial charge >= 0.3 is 5.97 Å². The summed E-state index contributed by atoms with van der Waals surface area (Å²) in [6.45, 7) is 2.38. The van der Waals surface area contributed by atoms with Gasteiger partial charge in [0, 0.05) is 7.05 Å². The highest BCUT2D eigenvalue weighted by Crippen LogP contribution is 2.39. The fraction of sp³-hybridized carbons (Fsp3) is 0.227. The summed E-state index contributed by atoms with van der Waals surface area (Å²) in [4.78, 5) is 31.0. The highest BCUT2D eigenvalue weighted by molar-refractivity contribution is 9.10. The molecule has 0 N–H and O–H groups in total. The molecule has 31 heavy (non-hydrogen) atoms. The average molecular weight is 505 g/mol. The third kappa shape index (κ3) is 5.11. The second-order valence-electron chi connectivity index (χ2n) is 6.38. The molecule has 2 aromatic carbocycles. The molecule has 1 aliphatic rings. The number of benzene rings is 2. The fourth-order valence-electron chi connectivity index (χ4n) is 2.87. The number of carbonyl (C=O) groups excluding carboxylic acids is 2. The van der Waals surface area contributed by atoms with E-state index in [1.807, 2.05) is 19.1 Å². The minimum absolute atomic E-state index is 0.169. The molecule has 0 aromatic heterocycles. The molecular weight excluding hydrogens is 484 g/mol. The van der Waals surface area contributed by atoms with E-state index in [9.17, 15) is 9.59 Å². The molecule has 0 radical (unpaired) electrons. The van der Waals surface area contributed by atoms with E-state index < -0.39 is 5.97 Å². The molecule has 1 saturated heterocycles. The van der Waals surface area contributed by atoms with Crippen molar-refractivity contribution in [1.82, 2.24) is 4.90 Å². The van der Waals surface area contributed by atoms with Gasteiger partial charge in [0.25, 0.3) is 5.91 Å². The summed E-state index contributed by atoms with van der Waals surface area (Å²) >= 11 is 4.74. The van der Waals surface area contributed by atoms with Gasteiger partial charge in [0.05, 0.1) is 41.5 Å². The number of halogens is 1. The number of amidine groups is 1. The van der Waals surface area contributed by atoms with Gasteiger partial charge < -0.3 is 14.2 Å². The summed E-state index contributed by atoms with van der Waals surface area (Å²) in [6, 6.07) is 10.4. The van der Waals surface area contributed by atoms with Crippen molar-refractivity contribution in [1.29, 1.82) is 0 Å². The van der Waals surface area contributed by atoms with Crippen LogP contribution in [-0.4, -0.2) is 49.8 Å². The van der Waals surface area contributed by atoms with E-state index in [0.717, 1.165) is 10.0 Å². The lowest BCUT2D eigenvalue weighted by Gasteiger charge is -2.12. The van der Waals surface area contributed by atoms with Gasteiger partial charge in [-0.15, -0.1) is 0 Å². The number of thioether (sulfide) groups is 1. The van der Waals surface area contributed by atoms with E-state index in [1.165, 1.54) is 23.8 Å². The molecule has 3 rings (SSSR count). The normalized spacial score (nSPS) is 16.2. The Labute approximate surface area is 193 Å². The SMILES string of the molecule is CCOc1cc(C=C2SC(=Nc3cccc(C(=O)OC)c3)N(C)C2=O)cc(Br)c1OC. The molecular formula is C22H21BrN2O5S. The summed E-state index contributed by atoms with van der Waals surface area (Å²) in [5.41, 5.74) is 1.73. The van der Waals surface area contributed by atoms with Crippen LogP contribution in [0.15, 0.2) is 50.8 Å². The number of esters is 1. The number of nitrogens with zero attached hydrogens (tertiary/aromatic N) is 2. The van der Waals surface area contributed by atoms with Gasteiger partial charge in [-0.2, -0.15) is 0 Å². The lowest BCUT2D eigenvalue weighted by molar-refractivity contribution is -0.121. The first-order chi connectivity index (χ1) is 14.9. The molecule has 0 bridgehead atoms. The van der Waals surface area contributed by atoms with Crippen LogP contribution in [0.4, 0.5) is 5.69 Å². The summed E-state index contributed by atoms with van der Waals surface area (Å²) in [5.74, 6) is 0.571. The molecule has 0 aliphatic carbocycles. The molecule has 1 heterocycles. The van der Waals surface area contributed by atoms with Crippen LogP contribution in [0, 0.1) is 0 Å². The molecule has 1 aliphatic heterocycles. The Morgan fingerprint density at radius 3 is 2.71 bits per heavy atom. The van der Waals surface area contributed by atoms with Crippen molar-refractivity contribution in [3.63, 3.8) is 0 Å². The van der Waals surface area contributed by atoms with Crippen molar-refractivity contribution in [2.75, 3.05) is 27.9 Å². The Hall–Kier alpha value is -2.78. The van der Waals surface area contributed by atoms with Crippen molar-refractivity contribution < 1.29 is 23.8 Å². The smallest absolute Gasteiger partial charge is 0.337 e. The maximum Gasteiger partial charge on any atom is 0.337 e. The molecule has 0 unspecified atom stereocenters. The number of likely N-dealkylation sites (N-methyl/N-ethyl adjacent to an activating group) is 1. The van der Waals surface area contributed by atoms with Crippen LogP contribution in [0.3, 0.4) is 0 Å². The standard InChI is InChI=1S/C22H21BrN2O5S/c1-5-30-17-10-13(9-16(23)19(17)28-3)11-18-20(26)25(2)22(31-18)24-15-8-6-7-14(12-15)21(27)29-4/h6-12H,5H2,1-4H3. The van der Waals surface area contributed by atoms with Crippen molar-refractivity contribution >= 4 is 56.5 Å². The average Bonchev–Trinajstić information content (AvgIpc) is 3.01. The van der Waals surface area contributed by atoms with Crippen molar-refractivity contribution in [3.05, 3.63) is 56.9 Å². The zero-order valence-corrected chi connectivity index (χ0v) is 19.9. The quantitative estimate of drug-likeness (QED) is 0.412. The van der Waals surface area contributed by atoms with Crippen LogP contribution in [-0.2, 0) is 9.53 Å². The fourth-order valence-corrected chi connectivity index (χ4v) is 4.47. The molecule has 2 aromatic rings. The second-order valence-corrected chi connectivity index (χ2v) is 8.24. The van der Waals surface area contributed by atoms with Gasteiger partial charge in [-0.05, 0) is 76.6 Å². The molecule has 0 atom stereocenters. The number of carbonyl (C=O) groups is 2. The summed E-state index contributed by atoms with van der Waals surface area (Å²) in [5, 5.41) is 0.510. The van der Waals surface area contributed by atoms with Gasteiger partial charge in [0.1, 0.15) is 0 Å². The van der Waals surface area contributed by atoms with E-state index >= 15 is 0 Å². The van der Waals surface area contributed by atoms with Gasteiger partial charge in [-0.25, -0.2) is 9.79 Å². The number of hydrogen-bond acceptors (Lipinski definition) is 7. The Balaban J connectivity index is 1.92. The van der Waals surface area contributed by atoms with Gasteiger partial charge in [0.15, 0.2) is 16.7 Å². The predicted molar refractivity (Wildman–Crippen MR) is 125 cm³/mol. The number of methoxy groups -OCH3 is 2. The summed E-state index contributed by atoms with van der Waals surface area (Å²) < 4.78 is 16.5. The van der Waals surface area contributed by atoms with Gasteiger partial charge in [-0.1, -0.05) is 6.07 Å². The topological polar surface area (TPSA) is 77.4 Å². The minimum atomic E-state index is -0.443. The number of ether oxygens (including phenoxy) is 3. The maximum absolute atomic E-state index is 12.8. The number of rotatable bonds is 6. The third-order valence-electron chi connectivity index (χ3n) is 4.33. The van der Waals surface area contributed by atoms with Crippen LogP contribution < -0.4 is 9.47 Å². The number of hydrogen-bond donors (Lipinski definition) is 0. The first kappa shape index (κ1) is 22.9. The molecule has 0 saturated carbocycles. The van der Waals surface area contributed by atoms with Crippen LogP contribution in [0.1, 0.15) is 22.8 Å². The molecule has 162 valence electrons. The predicted octanol–water partition coefficient (Wildman–Crippen LogP) is 4.88.